The summed E-state index contributed by atoms with van der Waals surface area (Å²) in [4.78, 5) is 29.5. The number of hydrogen-bond acceptors (Lipinski definition) is 6. The Morgan fingerprint density at radius 2 is 1.88 bits per heavy atom. The van der Waals surface area contributed by atoms with Gasteiger partial charge in [0.15, 0.2) is 11.5 Å². The highest BCUT2D eigenvalue weighted by molar-refractivity contribution is 5.99. The summed E-state index contributed by atoms with van der Waals surface area (Å²) in [6, 6.07) is 11.8. The van der Waals surface area contributed by atoms with Gasteiger partial charge in [0.05, 0.1) is 17.6 Å². The number of nitrogens with zero attached hydrogens (tertiary/aromatic N) is 5. The summed E-state index contributed by atoms with van der Waals surface area (Å²) >= 11 is 0. The molecule has 4 aromatic rings. The highest BCUT2D eigenvalue weighted by Gasteiger charge is 2.30. The van der Waals surface area contributed by atoms with Crippen molar-refractivity contribution in [1.82, 2.24) is 24.4 Å². The lowest BCUT2D eigenvalue weighted by Gasteiger charge is -2.14. The van der Waals surface area contributed by atoms with E-state index < -0.39 is 6.03 Å². The third kappa shape index (κ3) is 6.74. The number of carbonyl (C=O) groups excluding carboxylic acids is 2. The Labute approximate surface area is 244 Å². The molecule has 3 amide bonds. The number of nitrogens with one attached hydrogen (secondary N) is 3. The Kier molecular flexibility index (Phi) is 7.92. The quantitative estimate of drug-likeness (QED) is 0.196. The summed E-state index contributed by atoms with van der Waals surface area (Å²) in [6.45, 7) is 11.9. The predicted octanol–water partition coefficient (Wildman–Crippen LogP) is 6.61. The van der Waals surface area contributed by atoms with Crippen LogP contribution in [-0.4, -0.2) is 36.3 Å². The average Bonchev–Trinajstić information content (AvgIpc) is 3.58. The number of benzene rings is 1. The molecule has 1 aliphatic carbocycles. The van der Waals surface area contributed by atoms with Gasteiger partial charge in [-0.15, -0.1) is 5.10 Å². The van der Waals surface area contributed by atoms with Crippen LogP contribution in [0.1, 0.15) is 46.2 Å². The van der Waals surface area contributed by atoms with Gasteiger partial charge in [-0.2, -0.15) is 5.10 Å². The number of ether oxygens (including phenoxy) is 1. The maximum atomic E-state index is 13.1. The van der Waals surface area contributed by atoms with Crippen LogP contribution in [-0.2, 0) is 10.2 Å². The molecule has 0 atom stereocenters. The molecule has 3 aromatic heterocycles. The average molecular weight is 567 g/mol. The van der Waals surface area contributed by atoms with Gasteiger partial charge >= 0.3 is 6.03 Å². The molecule has 0 spiro atoms. The van der Waals surface area contributed by atoms with E-state index in [4.69, 9.17) is 9.84 Å². The zero-order valence-corrected chi connectivity index (χ0v) is 24.1. The molecule has 0 aliphatic heterocycles. The van der Waals surface area contributed by atoms with E-state index in [2.05, 4.69) is 53.4 Å². The molecular formula is C31H34N8O3. The van der Waals surface area contributed by atoms with E-state index in [0.717, 1.165) is 24.2 Å². The van der Waals surface area contributed by atoms with E-state index in [-0.39, 0.29) is 17.2 Å². The van der Waals surface area contributed by atoms with Crippen LogP contribution in [0.3, 0.4) is 0 Å². The second-order valence-electron chi connectivity index (χ2n) is 11.0. The van der Waals surface area contributed by atoms with Crippen molar-refractivity contribution in [3.8, 4) is 11.6 Å². The SMILES string of the molecule is C=C/C=C(\C=C/C)n1nc(C(C)(C)C)cc1NC(=O)Nc1cccc(Oc2ccc3nc(NC(=O)C4CC4)cn3n2)c1. The molecule has 0 unspecified atom stereocenters. The van der Waals surface area contributed by atoms with Crippen LogP contribution in [0.4, 0.5) is 22.1 Å². The lowest BCUT2D eigenvalue weighted by Crippen LogP contribution is -2.21. The lowest BCUT2D eigenvalue weighted by atomic mass is 9.92. The topological polar surface area (TPSA) is 127 Å². The first kappa shape index (κ1) is 28.3. The van der Waals surface area contributed by atoms with Gasteiger partial charge in [-0.1, -0.05) is 45.6 Å². The van der Waals surface area contributed by atoms with E-state index in [9.17, 15) is 9.59 Å². The molecule has 5 rings (SSSR count). The molecule has 11 heteroatoms. The third-order valence-electron chi connectivity index (χ3n) is 6.40. The molecule has 1 aromatic carbocycles. The number of rotatable bonds is 9. The lowest BCUT2D eigenvalue weighted by molar-refractivity contribution is -0.117. The number of carbonyl (C=O) groups is 2. The van der Waals surface area contributed by atoms with Crippen molar-refractivity contribution < 1.29 is 14.3 Å². The fraction of sp³-hybridized carbons (Fsp3) is 0.258. The van der Waals surface area contributed by atoms with Gasteiger partial charge in [0, 0.05) is 35.2 Å². The zero-order chi connectivity index (χ0) is 29.9. The molecule has 1 aliphatic rings. The Balaban J connectivity index is 1.29. The number of amides is 3. The standard InChI is InChI=1S/C31H34N8O3/c1-6-9-22(10-7-2)39-27(18-24(36-39)31(3,4)5)35-30(41)32-21-11-8-12-23(17-21)42-28-16-15-26-33-25(19-38(26)37-28)34-29(40)20-13-14-20/h6-12,15-20H,1,13-14H2,2-5H3,(H,34,40)(H2,32,35,41)/b10-7-,22-9+. The monoisotopic (exact) mass is 566 g/mol. The predicted molar refractivity (Wildman–Crippen MR) is 164 cm³/mol. The normalized spacial score (nSPS) is 13.8. The van der Waals surface area contributed by atoms with Crippen LogP contribution in [0.2, 0.25) is 0 Å². The summed E-state index contributed by atoms with van der Waals surface area (Å²) in [6.07, 6.45) is 10.8. The van der Waals surface area contributed by atoms with Gasteiger partial charge in [-0.05, 0) is 50.1 Å². The molecule has 1 fully saturated rings. The van der Waals surface area contributed by atoms with Crippen LogP contribution in [0, 0.1) is 5.92 Å². The van der Waals surface area contributed by atoms with Gasteiger partial charge in [0.2, 0.25) is 11.8 Å². The fourth-order valence-electron chi connectivity index (χ4n) is 4.11. The number of fused-ring (bicyclic) bond motifs is 1. The van der Waals surface area contributed by atoms with Gasteiger partial charge in [0.1, 0.15) is 11.6 Å². The maximum absolute atomic E-state index is 13.1. The number of imidazole rings is 1. The van der Waals surface area contributed by atoms with Crippen LogP contribution in [0.15, 0.2) is 79.5 Å². The van der Waals surface area contributed by atoms with Crippen molar-refractivity contribution in [1.29, 1.82) is 0 Å². The second kappa shape index (κ2) is 11.7. The number of anilines is 3. The Morgan fingerprint density at radius 1 is 1.07 bits per heavy atom. The van der Waals surface area contributed by atoms with Gasteiger partial charge in [0.25, 0.3) is 0 Å². The highest BCUT2D eigenvalue weighted by Crippen LogP contribution is 2.30. The Bertz CT molecular complexity index is 1700. The molecule has 11 nitrogen and oxygen atoms in total. The molecular weight excluding hydrogens is 532 g/mol. The first-order chi connectivity index (χ1) is 20.1. The van der Waals surface area contributed by atoms with Crippen molar-refractivity contribution in [2.75, 3.05) is 16.0 Å². The summed E-state index contributed by atoms with van der Waals surface area (Å²) in [5.41, 5.74) is 2.46. The number of allylic oxidation sites excluding steroid dienone is 5. The van der Waals surface area contributed by atoms with Crippen LogP contribution in [0.5, 0.6) is 11.6 Å². The number of hydrogen-bond donors (Lipinski definition) is 3. The molecule has 3 heterocycles. The van der Waals surface area contributed by atoms with Gasteiger partial charge < -0.3 is 15.4 Å². The third-order valence-corrected chi connectivity index (χ3v) is 6.40. The molecule has 0 saturated heterocycles. The van der Waals surface area contributed by atoms with Crippen LogP contribution >= 0.6 is 0 Å². The Morgan fingerprint density at radius 3 is 2.60 bits per heavy atom. The summed E-state index contributed by atoms with van der Waals surface area (Å²) in [5.74, 6) is 1.83. The van der Waals surface area contributed by atoms with Crippen molar-refractivity contribution in [2.24, 2.45) is 5.92 Å². The summed E-state index contributed by atoms with van der Waals surface area (Å²) in [5, 5.41) is 17.8. The summed E-state index contributed by atoms with van der Waals surface area (Å²) in [7, 11) is 0. The van der Waals surface area contributed by atoms with E-state index >= 15 is 0 Å². The maximum Gasteiger partial charge on any atom is 0.324 e. The van der Waals surface area contributed by atoms with Crippen molar-refractivity contribution in [3.63, 3.8) is 0 Å². The molecule has 1 saturated carbocycles. The molecule has 0 bridgehead atoms. The Hall–Kier alpha value is -5.19. The van der Waals surface area contributed by atoms with E-state index in [1.54, 1.807) is 57.9 Å². The van der Waals surface area contributed by atoms with E-state index in [0.29, 0.717) is 34.6 Å². The fourth-order valence-corrected chi connectivity index (χ4v) is 4.11. The van der Waals surface area contributed by atoms with Crippen molar-refractivity contribution in [2.45, 2.75) is 46.0 Å². The molecule has 0 radical (unpaired) electrons. The largest absolute Gasteiger partial charge is 0.438 e. The van der Waals surface area contributed by atoms with Gasteiger partial charge in [-0.25, -0.2) is 19.0 Å². The van der Waals surface area contributed by atoms with Crippen LogP contribution < -0.4 is 20.7 Å². The molecule has 3 N–H and O–H groups in total. The van der Waals surface area contributed by atoms with Crippen molar-refractivity contribution in [3.05, 3.63) is 85.2 Å². The zero-order valence-electron chi connectivity index (χ0n) is 24.1. The highest BCUT2D eigenvalue weighted by atomic mass is 16.5. The minimum Gasteiger partial charge on any atom is -0.438 e. The minimum absolute atomic E-state index is 0.0196. The van der Waals surface area contributed by atoms with Crippen molar-refractivity contribution >= 4 is 40.6 Å². The first-order valence-corrected chi connectivity index (χ1v) is 13.7. The number of urea groups is 1. The van der Waals surface area contributed by atoms with E-state index in [1.165, 1.54) is 0 Å². The smallest absolute Gasteiger partial charge is 0.324 e. The van der Waals surface area contributed by atoms with Crippen LogP contribution in [0.25, 0.3) is 11.3 Å². The second-order valence-corrected chi connectivity index (χ2v) is 11.0. The first-order valence-electron chi connectivity index (χ1n) is 13.7. The van der Waals surface area contributed by atoms with E-state index in [1.807, 2.05) is 31.2 Å². The van der Waals surface area contributed by atoms with Gasteiger partial charge in [-0.3, -0.25) is 10.1 Å². The minimum atomic E-state index is -0.439. The summed E-state index contributed by atoms with van der Waals surface area (Å²) < 4.78 is 9.18. The molecule has 42 heavy (non-hydrogen) atoms. The number of aromatic nitrogens is 5. The molecule has 216 valence electrons.